The van der Waals surface area contributed by atoms with Crippen LogP contribution in [0.4, 0.5) is 5.69 Å². The second-order valence-corrected chi connectivity index (χ2v) is 9.45. The number of nitrogens with one attached hydrogen (secondary N) is 1. The molecule has 1 heterocycles. The van der Waals surface area contributed by atoms with Crippen molar-refractivity contribution in [2.24, 2.45) is 11.8 Å². The fourth-order valence-corrected chi connectivity index (χ4v) is 4.73. The Morgan fingerprint density at radius 1 is 1.15 bits per heavy atom. The first-order chi connectivity index (χ1) is 15.7. The average molecular weight is 460 g/mol. The zero-order chi connectivity index (χ0) is 24.1. The van der Waals surface area contributed by atoms with Crippen molar-refractivity contribution < 1.29 is 23.9 Å². The summed E-state index contributed by atoms with van der Waals surface area (Å²) in [7, 11) is 3.35. The number of carbonyl (C=O) groups excluding carboxylic acids is 3. The minimum atomic E-state index is -0.234. The molecule has 33 heavy (non-hydrogen) atoms. The predicted molar refractivity (Wildman–Crippen MR) is 126 cm³/mol. The molecule has 0 unspecified atom stereocenters. The Kier molecular flexibility index (Phi) is 8.35. The van der Waals surface area contributed by atoms with E-state index in [0.29, 0.717) is 30.1 Å². The number of carbonyl (C=O) groups is 3. The van der Waals surface area contributed by atoms with E-state index in [1.165, 1.54) is 0 Å². The van der Waals surface area contributed by atoms with Crippen molar-refractivity contribution in [1.82, 2.24) is 9.80 Å². The molecule has 1 aliphatic heterocycles. The van der Waals surface area contributed by atoms with E-state index in [2.05, 4.69) is 5.32 Å². The standard InChI is InChI=1S/C25H37N3O5/c1-16-13-28(18(3)29)17(2)15-33-22-11-10-20(26-24(30)19-8-6-7-9-19)12-21(22)25(31)27(4)14-23(16)32-5/h10-12,16-17,19,23H,6-9,13-15H2,1-5H3,(H,26,30)/t16-,17-,23+/m1/s1. The van der Waals surface area contributed by atoms with E-state index in [1.54, 1.807) is 49.1 Å². The van der Waals surface area contributed by atoms with Gasteiger partial charge in [-0.05, 0) is 38.0 Å². The third-order valence-electron chi connectivity index (χ3n) is 6.84. The van der Waals surface area contributed by atoms with Crippen molar-refractivity contribution in [3.63, 3.8) is 0 Å². The van der Waals surface area contributed by atoms with Crippen molar-refractivity contribution in [2.45, 2.75) is 58.6 Å². The Hall–Kier alpha value is -2.61. The molecule has 0 bridgehead atoms. The first kappa shape index (κ1) is 25.0. The molecule has 0 radical (unpaired) electrons. The first-order valence-corrected chi connectivity index (χ1v) is 11.8. The Labute approximate surface area is 196 Å². The van der Waals surface area contributed by atoms with Crippen LogP contribution >= 0.6 is 0 Å². The molecule has 8 nitrogen and oxygen atoms in total. The molecule has 3 rings (SSSR count). The number of methoxy groups -OCH3 is 1. The summed E-state index contributed by atoms with van der Waals surface area (Å²) in [5.41, 5.74) is 0.963. The molecular formula is C25H37N3O5. The lowest BCUT2D eigenvalue weighted by atomic mass is 10.0. The van der Waals surface area contributed by atoms with Gasteiger partial charge in [0, 0.05) is 51.7 Å². The molecule has 1 fully saturated rings. The molecule has 1 aromatic rings. The Bertz CT molecular complexity index is 868. The molecule has 2 aliphatic rings. The van der Waals surface area contributed by atoms with Gasteiger partial charge >= 0.3 is 0 Å². The van der Waals surface area contributed by atoms with Gasteiger partial charge in [0.05, 0.1) is 17.7 Å². The number of likely N-dealkylation sites (N-methyl/N-ethyl adjacent to an activating group) is 1. The summed E-state index contributed by atoms with van der Waals surface area (Å²) in [4.78, 5) is 41.7. The molecule has 1 aliphatic carbocycles. The smallest absolute Gasteiger partial charge is 0.257 e. The highest BCUT2D eigenvalue weighted by molar-refractivity contribution is 5.99. The zero-order valence-electron chi connectivity index (χ0n) is 20.4. The number of hydrogen-bond acceptors (Lipinski definition) is 5. The second kappa shape index (κ2) is 11.0. The van der Waals surface area contributed by atoms with E-state index in [1.807, 2.05) is 13.8 Å². The van der Waals surface area contributed by atoms with Gasteiger partial charge in [-0.3, -0.25) is 14.4 Å². The van der Waals surface area contributed by atoms with Gasteiger partial charge in [-0.25, -0.2) is 0 Å². The van der Waals surface area contributed by atoms with E-state index in [0.717, 1.165) is 25.7 Å². The minimum Gasteiger partial charge on any atom is -0.491 e. The molecule has 0 saturated heterocycles. The van der Waals surface area contributed by atoms with E-state index in [4.69, 9.17) is 9.47 Å². The maximum atomic E-state index is 13.4. The number of benzene rings is 1. The minimum absolute atomic E-state index is 0.00122. The normalized spacial score (nSPS) is 25.0. The Morgan fingerprint density at radius 3 is 2.48 bits per heavy atom. The first-order valence-electron chi connectivity index (χ1n) is 11.8. The van der Waals surface area contributed by atoms with Gasteiger partial charge in [0.2, 0.25) is 11.8 Å². The maximum absolute atomic E-state index is 13.4. The van der Waals surface area contributed by atoms with E-state index >= 15 is 0 Å². The summed E-state index contributed by atoms with van der Waals surface area (Å²) < 4.78 is 11.7. The van der Waals surface area contributed by atoms with Crippen LogP contribution in [0.15, 0.2) is 18.2 Å². The third-order valence-corrected chi connectivity index (χ3v) is 6.84. The van der Waals surface area contributed by atoms with Gasteiger partial charge in [0.1, 0.15) is 12.4 Å². The molecular weight excluding hydrogens is 422 g/mol. The molecule has 3 amide bonds. The summed E-state index contributed by atoms with van der Waals surface area (Å²) in [6.07, 6.45) is 3.73. The lowest BCUT2D eigenvalue weighted by Crippen LogP contribution is -2.48. The van der Waals surface area contributed by atoms with Crippen molar-refractivity contribution in [1.29, 1.82) is 0 Å². The summed E-state index contributed by atoms with van der Waals surface area (Å²) >= 11 is 0. The molecule has 1 aromatic carbocycles. The summed E-state index contributed by atoms with van der Waals surface area (Å²) in [5, 5.41) is 2.97. The Balaban J connectivity index is 1.91. The third kappa shape index (κ3) is 6.05. The number of hydrogen-bond donors (Lipinski definition) is 1. The van der Waals surface area contributed by atoms with E-state index in [-0.39, 0.29) is 48.3 Å². The van der Waals surface area contributed by atoms with Crippen molar-refractivity contribution in [3.8, 4) is 5.75 Å². The summed E-state index contributed by atoms with van der Waals surface area (Å²) in [6.45, 7) is 6.65. The highest BCUT2D eigenvalue weighted by atomic mass is 16.5. The predicted octanol–water partition coefficient (Wildman–Crippen LogP) is 3.17. The second-order valence-electron chi connectivity index (χ2n) is 9.45. The van der Waals surface area contributed by atoms with E-state index in [9.17, 15) is 14.4 Å². The molecule has 1 saturated carbocycles. The number of ether oxygens (including phenoxy) is 2. The molecule has 182 valence electrons. The highest BCUT2D eigenvalue weighted by Crippen LogP contribution is 2.29. The number of rotatable bonds is 3. The van der Waals surface area contributed by atoms with Crippen molar-refractivity contribution in [2.75, 3.05) is 39.2 Å². The Morgan fingerprint density at radius 2 is 1.85 bits per heavy atom. The van der Waals surface area contributed by atoms with Crippen molar-refractivity contribution in [3.05, 3.63) is 23.8 Å². The van der Waals surface area contributed by atoms with Crippen LogP contribution in [0.5, 0.6) is 5.75 Å². The largest absolute Gasteiger partial charge is 0.491 e. The summed E-state index contributed by atoms with van der Waals surface area (Å²) in [5.74, 6) is 0.257. The molecule has 3 atom stereocenters. The molecule has 8 heteroatoms. The lowest BCUT2D eigenvalue weighted by Gasteiger charge is -2.35. The van der Waals surface area contributed by atoms with Crippen LogP contribution < -0.4 is 10.1 Å². The monoisotopic (exact) mass is 459 g/mol. The number of fused-ring (bicyclic) bond motifs is 1. The lowest BCUT2D eigenvalue weighted by molar-refractivity contribution is -0.133. The highest BCUT2D eigenvalue weighted by Gasteiger charge is 2.29. The van der Waals surface area contributed by atoms with Crippen molar-refractivity contribution >= 4 is 23.4 Å². The van der Waals surface area contributed by atoms with Crippen LogP contribution in [0.25, 0.3) is 0 Å². The fraction of sp³-hybridized carbons (Fsp3) is 0.640. The van der Waals surface area contributed by atoms with Crippen LogP contribution in [0.1, 0.15) is 56.8 Å². The number of nitrogens with zero attached hydrogens (tertiary/aromatic N) is 2. The quantitative estimate of drug-likeness (QED) is 0.750. The number of anilines is 1. The van der Waals surface area contributed by atoms with E-state index < -0.39 is 0 Å². The number of amides is 3. The summed E-state index contributed by atoms with van der Waals surface area (Å²) in [6, 6.07) is 4.99. The fourth-order valence-electron chi connectivity index (χ4n) is 4.73. The van der Waals surface area contributed by atoms with Crippen LogP contribution in [-0.4, -0.2) is 73.5 Å². The van der Waals surface area contributed by atoms with Gasteiger partial charge in [-0.2, -0.15) is 0 Å². The van der Waals surface area contributed by atoms with Gasteiger partial charge in [0.25, 0.3) is 5.91 Å². The topological polar surface area (TPSA) is 88.2 Å². The van der Waals surface area contributed by atoms with Crippen LogP contribution in [0.2, 0.25) is 0 Å². The zero-order valence-corrected chi connectivity index (χ0v) is 20.4. The van der Waals surface area contributed by atoms with Crippen LogP contribution in [-0.2, 0) is 14.3 Å². The molecule has 0 spiro atoms. The van der Waals surface area contributed by atoms with Crippen LogP contribution in [0.3, 0.4) is 0 Å². The molecule has 0 aromatic heterocycles. The average Bonchev–Trinajstić information content (AvgIpc) is 3.33. The SMILES string of the molecule is CO[C@H]1CN(C)C(=O)c2cc(NC(=O)C3CCCC3)ccc2OC[C@@H](C)N(C(C)=O)C[C@H]1C. The van der Waals surface area contributed by atoms with Gasteiger partial charge in [-0.1, -0.05) is 19.8 Å². The van der Waals surface area contributed by atoms with Gasteiger partial charge in [0.15, 0.2) is 0 Å². The van der Waals surface area contributed by atoms with Gasteiger partial charge < -0.3 is 24.6 Å². The van der Waals surface area contributed by atoms with Crippen LogP contribution in [0, 0.1) is 11.8 Å². The maximum Gasteiger partial charge on any atom is 0.257 e. The molecule has 1 N–H and O–H groups in total. The van der Waals surface area contributed by atoms with Gasteiger partial charge in [-0.15, -0.1) is 0 Å².